The molecule has 1 heterocycles. The van der Waals surface area contributed by atoms with Crippen LogP contribution in [0.4, 0.5) is 0 Å². The molecule has 2 heteroatoms. The van der Waals surface area contributed by atoms with Crippen molar-refractivity contribution in [2.45, 2.75) is 18.9 Å². The van der Waals surface area contributed by atoms with E-state index < -0.39 is 0 Å². The van der Waals surface area contributed by atoms with Crippen LogP contribution in [-0.2, 0) is 0 Å². The molecule has 0 bridgehead atoms. The fraction of sp³-hybridized carbons (Fsp3) is 0.500. The van der Waals surface area contributed by atoms with Crippen LogP contribution in [0.5, 0.6) is 0 Å². The quantitative estimate of drug-likeness (QED) is 0.782. The summed E-state index contributed by atoms with van der Waals surface area (Å²) in [4.78, 5) is 2.29. The maximum atomic E-state index is 9.20. The lowest BCUT2D eigenvalue weighted by atomic mass is 9.91. The van der Waals surface area contributed by atoms with Gasteiger partial charge in [0.15, 0.2) is 0 Å². The fourth-order valence-corrected chi connectivity index (χ4v) is 2.03. The summed E-state index contributed by atoms with van der Waals surface area (Å²) in [6.45, 7) is 4.84. The maximum Gasteiger partial charge on any atom is 0.0639 e. The number of hydrogen-bond acceptors (Lipinski definition) is 2. The molecular formula is C12H17NO. The van der Waals surface area contributed by atoms with Gasteiger partial charge in [0.1, 0.15) is 0 Å². The molecule has 0 spiro atoms. The van der Waals surface area contributed by atoms with Crippen molar-refractivity contribution in [1.82, 2.24) is 4.90 Å². The van der Waals surface area contributed by atoms with Gasteiger partial charge in [-0.05, 0) is 12.5 Å². The summed E-state index contributed by atoms with van der Waals surface area (Å²) in [6, 6.07) is 10.6. The molecule has 14 heavy (non-hydrogen) atoms. The van der Waals surface area contributed by atoms with Gasteiger partial charge in [0.05, 0.1) is 6.10 Å². The molecule has 76 valence electrons. The van der Waals surface area contributed by atoms with Crippen molar-refractivity contribution in [1.29, 1.82) is 0 Å². The van der Waals surface area contributed by atoms with E-state index in [9.17, 15) is 5.11 Å². The number of benzene rings is 1. The Hall–Kier alpha value is -0.860. The van der Waals surface area contributed by atoms with E-state index in [4.69, 9.17) is 0 Å². The van der Waals surface area contributed by atoms with E-state index in [0.29, 0.717) is 5.92 Å². The van der Waals surface area contributed by atoms with Gasteiger partial charge in [-0.15, -0.1) is 0 Å². The lowest BCUT2D eigenvalue weighted by Crippen LogP contribution is -2.47. The van der Waals surface area contributed by atoms with Gasteiger partial charge in [0.2, 0.25) is 0 Å². The van der Waals surface area contributed by atoms with Gasteiger partial charge in [0.25, 0.3) is 0 Å². The highest BCUT2D eigenvalue weighted by atomic mass is 16.3. The number of nitrogens with zero attached hydrogens (tertiary/aromatic N) is 1. The third-order valence-corrected chi connectivity index (χ3v) is 2.75. The highest BCUT2D eigenvalue weighted by Gasteiger charge is 2.27. The van der Waals surface area contributed by atoms with Crippen LogP contribution in [0.25, 0.3) is 0 Å². The van der Waals surface area contributed by atoms with E-state index >= 15 is 0 Å². The Bertz CT molecular complexity index is 278. The second-order valence-corrected chi connectivity index (χ2v) is 4.18. The summed E-state index contributed by atoms with van der Waals surface area (Å²) in [5.41, 5.74) is 1.43. The molecule has 1 aliphatic heterocycles. The Kier molecular flexibility index (Phi) is 2.85. The summed E-state index contributed by atoms with van der Waals surface area (Å²) in [5, 5.41) is 9.20. The predicted molar refractivity (Wildman–Crippen MR) is 57.3 cm³/mol. The Morgan fingerprint density at radius 3 is 2.57 bits per heavy atom. The molecule has 1 aromatic rings. The summed E-state index contributed by atoms with van der Waals surface area (Å²) < 4.78 is 0. The van der Waals surface area contributed by atoms with Gasteiger partial charge in [0, 0.05) is 25.6 Å². The summed E-state index contributed by atoms with van der Waals surface area (Å²) in [6.07, 6.45) is -0.202. The molecule has 0 amide bonds. The number of aliphatic hydroxyl groups is 1. The molecule has 1 atom stereocenters. The van der Waals surface area contributed by atoms with Crippen LogP contribution >= 0.6 is 0 Å². The first-order chi connectivity index (χ1) is 6.75. The second kappa shape index (κ2) is 4.11. The number of likely N-dealkylation sites (tertiary alicyclic amines) is 1. The smallest absolute Gasteiger partial charge is 0.0639 e. The molecule has 1 unspecified atom stereocenters. The van der Waals surface area contributed by atoms with Crippen molar-refractivity contribution in [3.63, 3.8) is 0 Å². The van der Waals surface area contributed by atoms with Crippen molar-refractivity contribution in [2.75, 3.05) is 19.6 Å². The number of rotatable bonds is 3. The minimum absolute atomic E-state index is 0.202. The lowest BCUT2D eigenvalue weighted by Gasteiger charge is -2.40. The zero-order chi connectivity index (χ0) is 9.97. The van der Waals surface area contributed by atoms with Gasteiger partial charge in [-0.2, -0.15) is 0 Å². The van der Waals surface area contributed by atoms with Gasteiger partial charge in [-0.1, -0.05) is 30.3 Å². The highest BCUT2D eigenvalue weighted by Crippen LogP contribution is 2.26. The van der Waals surface area contributed by atoms with Crippen LogP contribution in [0.3, 0.4) is 0 Å². The molecule has 1 N–H and O–H groups in total. The standard InChI is InChI=1S/C12H17NO/c1-10(14)7-13-8-12(9-13)11-5-3-2-4-6-11/h2-6,10,12,14H,7-9H2,1H3. The van der Waals surface area contributed by atoms with E-state index in [0.717, 1.165) is 19.6 Å². The molecule has 1 saturated heterocycles. The van der Waals surface area contributed by atoms with E-state index in [1.807, 2.05) is 6.92 Å². The third-order valence-electron chi connectivity index (χ3n) is 2.75. The SMILES string of the molecule is CC(O)CN1CC(c2ccccc2)C1. The largest absolute Gasteiger partial charge is 0.392 e. The zero-order valence-electron chi connectivity index (χ0n) is 8.56. The van der Waals surface area contributed by atoms with Gasteiger partial charge in [-0.25, -0.2) is 0 Å². The number of hydrogen-bond donors (Lipinski definition) is 1. The van der Waals surface area contributed by atoms with Crippen LogP contribution in [-0.4, -0.2) is 35.7 Å². The molecule has 0 radical (unpaired) electrons. The Morgan fingerprint density at radius 1 is 1.36 bits per heavy atom. The molecule has 2 nitrogen and oxygen atoms in total. The van der Waals surface area contributed by atoms with Crippen LogP contribution in [0.1, 0.15) is 18.4 Å². The summed E-state index contributed by atoms with van der Waals surface area (Å²) in [5.74, 6) is 0.676. The van der Waals surface area contributed by atoms with Gasteiger partial charge >= 0.3 is 0 Å². The number of β-amino-alcohol motifs (C(OH)–C–C–N with tert-alkyl or cyclic N) is 1. The summed E-state index contributed by atoms with van der Waals surface area (Å²) >= 11 is 0. The van der Waals surface area contributed by atoms with Crippen molar-refractivity contribution in [3.8, 4) is 0 Å². The van der Waals surface area contributed by atoms with Crippen molar-refractivity contribution >= 4 is 0 Å². The highest BCUT2D eigenvalue weighted by molar-refractivity contribution is 5.22. The van der Waals surface area contributed by atoms with E-state index in [1.54, 1.807) is 0 Å². The minimum Gasteiger partial charge on any atom is -0.392 e. The van der Waals surface area contributed by atoms with Crippen molar-refractivity contribution < 1.29 is 5.11 Å². The molecule has 1 aromatic carbocycles. The normalized spacial score (nSPS) is 20.4. The van der Waals surface area contributed by atoms with E-state index in [1.165, 1.54) is 5.56 Å². The lowest BCUT2D eigenvalue weighted by molar-refractivity contribution is 0.0741. The average molecular weight is 191 g/mol. The zero-order valence-corrected chi connectivity index (χ0v) is 8.56. The predicted octanol–water partition coefficient (Wildman–Crippen LogP) is 1.47. The topological polar surface area (TPSA) is 23.5 Å². The number of aliphatic hydroxyl groups excluding tert-OH is 1. The molecule has 1 fully saturated rings. The average Bonchev–Trinajstić information content (AvgIpc) is 2.12. The van der Waals surface area contributed by atoms with E-state index in [2.05, 4.69) is 35.2 Å². The van der Waals surface area contributed by atoms with E-state index in [-0.39, 0.29) is 6.10 Å². The van der Waals surface area contributed by atoms with Crippen molar-refractivity contribution in [3.05, 3.63) is 35.9 Å². The molecule has 0 saturated carbocycles. The summed E-state index contributed by atoms with van der Waals surface area (Å²) in [7, 11) is 0. The van der Waals surface area contributed by atoms with Crippen LogP contribution in [0.2, 0.25) is 0 Å². The molecular weight excluding hydrogens is 174 g/mol. The first-order valence-corrected chi connectivity index (χ1v) is 5.21. The van der Waals surface area contributed by atoms with Crippen LogP contribution in [0.15, 0.2) is 30.3 Å². The van der Waals surface area contributed by atoms with Gasteiger partial charge < -0.3 is 5.11 Å². The third kappa shape index (κ3) is 2.14. The first kappa shape index (κ1) is 9.69. The minimum atomic E-state index is -0.202. The molecule has 0 aromatic heterocycles. The van der Waals surface area contributed by atoms with Crippen LogP contribution in [0, 0.1) is 0 Å². The Labute approximate surface area is 85.2 Å². The molecule has 0 aliphatic carbocycles. The maximum absolute atomic E-state index is 9.20. The van der Waals surface area contributed by atoms with Crippen molar-refractivity contribution in [2.24, 2.45) is 0 Å². The monoisotopic (exact) mass is 191 g/mol. The Balaban J connectivity index is 1.83. The van der Waals surface area contributed by atoms with Crippen LogP contribution < -0.4 is 0 Å². The first-order valence-electron chi connectivity index (χ1n) is 5.21. The second-order valence-electron chi connectivity index (χ2n) is 4.18. The van der Waals surface area contributed by atoms with Gasteiger partial charge in [-0.3, -0.25) is 4.90 Å². The molecule has 2 rings (SSSR count). The Morgan fingerprint density at radius 2 is 2.00 bits per heavy atom. The molecule has 1 aliphatic rings. The fourth-order valence-electron chi connectivity index (χ4n) is 2.03.